The Labute approximate surface area is 118 Å². The normalized spacial score (nSPS) is 34.6. The van der Waals surface area contributed by atoms with E-state index in [0.717, 1.165) is 6.04 Å². The van der Waals surface area contributed by atoms with E-state index in [4.69, 9.17) is 4.74 Å². The zero-order valence-corrected chi connectivity index (χ0v) is 12.6. The average Bonchev–Trinajstić information content (AvgIpc) is 2.96. The fraction of sp³-hybridized carbons (Fsp3) is 1.00. The third kappa shape index (κ3) is 2.71. The Hall–Kier alpha value is -0.0800. The maximum absolute atomic E-state index is 6.51. The van der Waals surface area contributed by atoms with E-state index in [0.29, 0.717) is 17.6 Å². The van der Waals surface area contributed by atoms with Gasteiger partial charge in [0.2, 0.25) is 0 Å². The largest absolute Gasteiger partial charge is 0.374 e. The Morgan fingerprint density at radius 2 is 1.79 bits per heavy atom. The third-order valence-corrected chi connectivity index (χ3v) is 5.87. The molecule has 19 heavy (non-hydrogen) atoms. The average molecular weight is 265 g/mol. The molecule has 0 saturated heterocycles. The lowest BCUT2D eigenvalue weighted by Crippen LogP contribution is -2.65. The maximum atomic E-state index is 6.51. The van der Waals surface area contributed by atoms with Crippen LogP contribution in [0.25, 0.3) is 0 Å². The van der Waals surface area contributed by atoms with Gasteiger partial charge in [-0.2, -0.15) is 0 Å². The Kier molecular flexibility index (Phi) is 4.48. The predicted molar refractivity (Wildman–Crippen MR) is 79.3 cm³/mol. The molecule has 0 aromatic carbocycles. The summed E-state index contributed by atoms with van der Waals surface area (Å²) in [6.07, 6.45) is 16.2. The zero-order chi connectivity index (χ0) is 13.1. The summed E-state index contributed by atoms with van der Waals surface area (Å²) in [6, 6.07) is 0.749. The van der Waals surface area contributed by atoms with Gasteiger partial charge in [0.05, 0.1) is 12.2 Å². The Morgan fingerprint density at radius 1 is 1.05 bits per heavy atom. The van der Waals surface area contributed by atoms with Crippen molar-refractivity contribution in [1.82, 2.24) is 5.32 Å². The van der Waals surface area contributed by atoms with Gasteiger partial charge in [0.15, 0.2) is 0 Å². The van der Waals surface area contributed by atoms with Crippen LogP contribution in [-0.4, -0.2) is 24.8 Å². The van der Waals surface area contributed by atoms with Crippen molar-refractivity contribution in [3.63, 3.8) is 0 Å². The van der Waals surface area contributed by atoms with E-state index < -0.39 is 0 Å². The molecule has 110 valence electrons. The van der Waals surface area contributed by atoms with E-state index in [2.05, 4.69) is 12.2 Å². The number of ether oxygens (including phenoxy) is 1. The monoisotopic (exact) mass is 265 g/mol. The van der Waals surface area contributed by atoms with E-state index in [1.54, 1.807) is 0 Å². The van der Waals surface area contributed by atoms with Crippen LogP contribution < -0.4 is 5.32 Å². The van der Waals surface area contributed by atoms with Crippen molar-refractivity contribution in [2.75, 3.05) is 6.54 Å². The molecule has 2 heteroatoms. The van der Waals surface area contributed by atoms with Crippen LogP contribution in [0.15, 0.2) is 0 Å². The van der Waals surface area contributed by atoms with Crippen LogP contribution in [0, 0.1) is 5.41 Å². The third-order valence-electron chi connectivity index (χ3n) is 5.87. The molecule has 1 spiro atoms. The molecule has 2 atom stereocenters. The molecule has 0 amide bonds. The molecule has 0 aromatic heterocycles. The van der Waals surface area contributed by atoms with E-state index in [1.807, 2.05) is 0 Å². The van der Waals surface area contributed by atoms with Gasteiger partial charge in [0, 0.05) is 11.5 Å². The van der Waals surface area contributed by atoms with E-state index in [1.165, 1.54) is 77.2 Å². The van der Waals surface area contributed by atoms with Crippen LogP contribution in [0.4, 0.5) is 0 Å². The van der Waals surface area contributed by atoms with Crippen LogP contribution in [0.5, 0.6) is 0 Å². The van der Waals surface area contributed by atoms with Crippen LogP contribution >= 0.6 is 0 Å². The highest BCUT2D eigenvalue weighted by molar-refractivity contribution is 5.09. The lowest BCUT2D eigenvalue weighted by Gasteiger charge is -2.58. The highest BCUT2D eigenvalue weighted by atomic mass is 16.5. The second-order valence-corrected chi connectivity index (χ2v) is 7.07. The summed E-state index contributed by atoms with van der Waals surface area (Å²) in [7, 11) is 0. The molecule has 2 nitrogen and oxygen atoms in total. The smallest absolute Gasteiger partial charge is 0.0665 e. The minimum Gasteiger partial charge on any atom is -0.374 e. The van der Waals surface area contributed by atoms with Crippen molar-refractivity contribution in [3.05, 3.63) is 0 Å². The lowest BCUT2D eigenvalue weighted by molar-refractivity contribution is -0.174. The van der Waals surface area contributed by atoms with E-state index in [9.17, 15) is 0 Å². The number of hydrogen-bond donors (Lipinski definition) is 1. The molecule has 0 bridgehead atoms. The summed E-state index contributed by atoms with van der Waals surface area (Å²) < 4.78 is 6.51. The van der Waals surface area contributed by atoms with E-state index >= 15 is 0 Å². The first-order chi connectivity index (χ1) is 9.35. The molecule has 0 aromatic rings. The van der Waals surface area contributed by atoms with E-state index in [-0.39, 0.29) is 0 Å². The van der Waals surface area contributed by atoms with Crippen LogP contribution in [-0.2, 0) is 4.74 Å². The first-order valence-electron chi connectivity index (χ1n) is 8.74. The molecular weight excluding hydrogens is 234 g/mol. The fourth-order valence-corrected chi connectivity index (χ4v) is 4.68. The number of nitrogens with one attached hydrogen (secondary N) is 1. The summed E-state index contributed by atoms with van der Waals surface area (Å²) in [5, 5.41) is 3.80. The molecule has 0 heterocycles. The summed E-state index contributed by atoms with van der Waals surface area (Å²) in [6.45, 7) is 3.45. The van der Waals surface area contributed by atoms with Crippen molar-refractivity contribution in [2.45, 2.75) is 95.8 Å². The van der Waals surface area contributed by atoms with Crippen molar-refractivity contribution in [3.8, 4) is 0 Å². The summed E-state index contributed by atoms with van der Waals surface area (Å²) in [5.41, 5.74) is 0.510. The quantitative estimate of drug-likeness (QED) is 0.810. The van der Waals surface area contributed by atoms with Crippen LogP contribution in [0.3, 0.4) is 0 Å². The van der Waals surface area contributed by atoms with Gasteiger partial charge in [-0.1, -0.05) is 39.0 Å². The van der Waals surface area contributed by atoms with Crippen molar-refractivity contribution in [1.29, 1.82) is 0 Å². The van der Waals surface area contributed by atoms with Gasteiger partial charge in [0.25, 0.3) is 0 Å². The topological polar surface area (TPSA) is 21.3 Å². The van der Waals surface area contributed by atoms with Gasteiger partial charge in [-0.05, 0) is 45.1 Å². The van der Waals surface area contributed by atoms with Crippen molar-refractivity contribution >= 4 is 0 Å². The van der Waals surface area contributed by atoms with Gasteiger partial charge in [-0.3, -0.25) is 0 Å². The van der Waals surface area contributed by atoms with Crippen molar-refractivity contribution in [2.24, 2.45) is 5.41 Å². The zero-order valence-electron chi connectivity index (χ0n) is 12.6. The molecule has 2 unspecified atom stereocenters. The number of hydrogen-bond acceptors (Lipinski definition) is 2. The fourth-order valence-electron chi connectivity index (χ4n) is 4.68. The van der Waals surface area contributed by atoms with Gasteiger partial charge >= 0.3 is 0 Å². The van der Waals surface area contributed by atoms with Crippen LogP contribution in [0.2, 0.25) is 0 Å². The Bertz CT molecular complexity index is 279. The molecule has 0 aliphatic heterocycles. The van der Waals surface area contributed by atoms with Crippen molar-refractivity contribution < 1.29 is 4.74 Å². The Morgan fingerprint density at radius 3 is 2.47 bits per heavy atom. The molecule has 3 aliphatic carbocycles. The molecule has 3 saturated carbocycles. The van der Waals surface area contributed by atoms with Gasteiger partial charge in [-0.25, -0.2) is 0 Å². The highest BCUT2D eigenvalue weighted by Gasteiger charge is 2.55. The first-order valence-corrected chi connectivity index (χ1v) is 8.74. The second kappa shape index (κ2) is 6.13. The predicted octanol–water partition coefficient (Wildman–Crippen LogP) is 4.04. The summed E-state index contributed by atoms with van der Waals surface area (Å²) in [5.74, 6) is 0. The minimum atomic E-state index is 0.510. The molecule has 1 N–H and O–H groups in total. The summed E-state index contributed by atoms with van der Waals surface area (Å²) in [4.78, 5) is 0. The molecule has 0 radical (unpaired) electrons. The first kappa shape index (κ1) is 13.9. The standard InChI is InChI=1S/C17H31NO/c1-2-12-18-15-13-16(19-14-8-4-5-9-14)17(15)10-6-3-7-11-17/h14-16,18H,2-13H2,1H3. The molecule has 3 fully saturated rings. The maximum Gasteiger partial charge on any atom is 0.0665 e. The van der Waals surface area contributed by atoms with Gasteiger partial charge < -0.3 is 10.1 Å². The summed E-state index contributed by atoms with van der Waals surface area (Å²) >= 11 is 0. The second-order valence-electron chi connectivity index (χ2n) is 7.07. The minimum absolute atomic E-state index is 0.510. The number of rotatable bonds is 5. The lowest BCUT2D eigenvalue weighted by atomic mass is 9.55. The Balaban J connectivity index is 1.60. The molecular formula is C17H31NO. The highest BCUT2D eigenvalue weighted by Crippen LogP contribution is 2.54. The molecule has 3 aliphatic rings. The van der Waals surface area contributed by atoms with Gasteiger partial charge in [-0.15, -0.1) is 0 Å². The SMILES string of the molecule is CCCNC1CC(OC2CCCC2)C12CCCCC2. The van der Waals surface area contributed by atoms with Crippen LogP contribution in [0.1, 0.15) is 77.6 Å². The molecule has 3 rings (SSSR count). The van der Waals surface area contributed by atoms with Gasteiger partial charge in [0.1, 0.15) is 0 Å².